The second-order valence-corrected chi connectivity index (χ2v) is 5.88. The number of hydrogen-bond acceptors (Lipinski definition) is 3. The van der Waals surface area contributed by atoms with E-state index >= 15 is 0 Å². The van der Waals surface area contributed by atoms with Crippen LogP contribution in [0.2, 0.25) is 0 Å². The number of aliphatic hydroxyl groups excluding tert-OH is 1. The molecule has 1 amide bonds. The number of nitrogens with zero attached hydrogens (tertiary/aromatic N) is 1. The smallest absolute Gasteiger partial charge is 0.252 e. The Kier molecular flexibility index (Phi) is 3.88. The van der Waals surface area contributed by atoms with Gasteiger partial charge >= 0.3 is 0 Å². The maximum absolute atomic E-state index is 12.5. The van der Waals surface area contributed by atoms with Crippen molar-refractivity contribution in [3.05, 3.63) is 41.6 Å². The van der Waals surface area contributed by atoms with Crippen molar-refractivity contribution in [2.75, 3.05) is 13.2 Å². The average molecular weight is 284 g/mol. The van der Waals surface area contributed by atoms with Gasteiger partial charge in [0.2, 0.25) is 0 Å². The third-order valence-corrected chi connectivity index (χ3v) is 3.90. The predicted molar refractivity (Wildman–Crippen MR) is 82.3 cm³/mol. The van der Waals surface area contributed by atoms with Crippen LogP contribution in [-0.4, -0.2) is 29.1 Å². The van der Waals surface area contributed by atoms with Gasteiger partial charge in [0.15, 0.2) is 0 Å². The van der Waals surface area contributed by atoms with Gasteiger partial charge in [-0.2, -0.15) is 0 Å². The van der Waals surface area contributed by atoms with Gasteiger partial charge < -0.3 is 10.4 Å². The summed E-state index contributed by atoms with van der Waals surface area (Å²) < 4.78 is 0. The van der Waals surface area contributed by atoms with Crippen LogP contribution < -0.4 is 5.32 Å². The first-order valence-electron chi connectivity index (χ1n) is 7.47. The maximum Gasteiger partial charge on any atom is 0.252 e. The number of para-hydroxylation sites is 1. The number of nitrogens with one attached hydrogen (secondary N) is 1. The average Bonchev–Trinajstić information content (AvgIpc) is 3.36. The molecule has 3 rings (SSSR count). The molecule has 0 radical (unpaired) electrons. The first-order chi connectivity index (χ1) is 10.2. The van der Waals surface area contributed by atoms with Gasteiger partial charge in [0.25, 0.3) is 5.91 Å². The highest BCUT2D eigenvalue weighted by atomic mass is 16.3. The summed E-state index contributed by atoms with van der Waals surface area (Å²) in [4.78, 5) is 17.1. The zero-order chi connectivity index (χ0) is 14.8. The molecule has 21 heavy (non-hydrogen) atoms. The molecule has 0 spiro atoms. The summed E-state index contributed by atoms with van der Waals surface area (Å²) in [5, 5.41) is 12.8. The van der Waals surface area contributed by atoms with Crippen LogP contribution in [0.1, 0.15) is 41.7 Å². The van der Waals surface area contributed by atoms with Crippen LogP contribution >= 0.6 is 0 Å². The molecule has 1 aliphatic carbocycles. The molecule has 1 aliphatic rings. The molecule has 1 aromatic carbocycles. The number of aliphatic hydroxyl groups is 1. The molecule has 0 bridgehead atoms. The highest BCUT2D eigenvalue weighted by Gasteiger charge is 2.26. The summed E-state index contributed by atoms with van der Waals surface area (Å²) >= 11 is 0. The largest absolute Gasteiger partial charge is 0.396 e. The molecule has 1 fully saturated rings. The fraction of sp³-hybridized carbons (Fsp3) is 0.412. The van der Waals surface area contributed by atoms with Crippen molar-refractivity contribution < 1.29 is 9.90 Å². The van der Waals surface area contributed by atoms with E-state index in [2.05, 4.69) is 10.3 Å². The van der Waals surface area contributed by atoms with Gasteiger partial charge in [-0.1, -0.05) is 25.1 Å². The fourth-order valence-corrected chi connectivity index (χ4v) is 2.40. The Morgan fingerprint density at radius 3 is 2.90 bits per heavy atom. The zero-order valence-electron chi connectivity index (χ0n) is 12.2. The third kappa shape index (κ3) is 3.05. The molecule has 110 valence electrons. The minimum atomic E-state index is -0.0872. The van der Waals surface area contributed by atoms with Crippen LogP contribution in [0, 0.1) is 5.92 Å². The maximum atomic E-state index is 12.5. The van der Waals surface area contributed by atoms with E-state index in [-0.39, 0.29) is 18.4 Å². The van der Waals surface area contributed by atoms with Crippen molar-refractivity contribution in [1.82, 2.24) is 10.3 Å². The predicted octanol–water partition coefficient (Wildman–Crippen LogP) is 2.47. The van der Waals surface area contributed by atoms with E-state index in [1.807, 2.05) is 37.3 Å². The molecular formula is C17H20N2O2. The molecular weight excluding hydrogens is 264 g/mol. The van der Waals surface area contributed by atoms with Crippen LogP contribution in [0.4, 0.5) is 0 Å². The molecule has 1 heterocycles. The Hall–Kier alpha value is -1.94. The van der Waals surface area contributed by atoms with Gasteiger partial charge in [0.1, 0.15) is 0 Å². The Labute approximate surface area is 124 Å². The Morgan fingerprint density at radius 1 is 1.43 bits per heavy atom. The molecule has 1 aromatic heterocycles. The SMILES string of the molecule is CC(CO)CNC(=O)c1cc(C2CC2)nc2ccccc12. The number of aromatic nitrogens is 1. The lowest BCUT2D eigenvalue weighted by molar-refractivity contribution is 0.0944. The molecule has 0 aliphatic heterocycles. The lowest BCUT2D eigenvalue weighted by Crippen LogP contribution is -2.29. The van der Waals surface area contributed by atoms with Gasteiger partial charge in [-0.05, 0) is 30.9 Å². The van der Waals surface area contributed by atoms with E-state index in [1.165, 1.54) is 0 Å². The molecule has 4 heteroatoms. The van der Waals surface area contributed by atoms with E-state index in [9.17, 15) is 4.79 Å². The van der Waals surface area contributed by atoms with E-state index in [1.54, 1.807) is 0 Å². The topological polar surface area (TPSA) is 62.2 Å². The number of amides is 1. The molecule has 4 nitrogen and oxygen atoms in total. The van der Waals surface area contributed by atoms with Gasteiger partial charge in [-0.25, -0.2) is 0 Å². The molecule has 2 aromatic rings. The van der Waals surface area contributed by atoms with E-state index < -0.39 is 0 Å². The standard InChI is InChI=1S/C17H20N2O2/c1-11(10-20)9-18-17(21)14-8-16(12-6-7-12)19-15-5-3-2-4-13(14)15/h2-5,8,11-12,20H,6-7,9-10H2,1H3,(H,18,21). The first kappa shape index (κ1) is 14.0. The fourth-order valence-electron chi connectivity index (χ4n) is 2.40. The summed E-state index contributed by atoms with van der Waals surface area (Å²) in [5.74, 6) is 0.485. The Bertz CT molecular complexity index is 665. The number of hydrogen-bond donors (Lipinski definition) is 2. The lowest BCUT2D eigenvalue weighted by atomic mass is 10.0. The minimum Gasteiger partial charge on any atom is -0.396 e. The van der Waals surface area contributed by atoms with Crippen LogP contribution in [0.3, 0.4) is 0 Å². The number of carbonyl (C=O) groups is 1. The van der Waals surface area contributed by atoms with E-state index in [0.29, 0.717) is 18.0 Å². The summed E-state index contributed by atoms with van der Waals surface area (Å²) in [5.41, 5.74) is 2.59. The summed E-state index contributed by atoms with van der Waals surface area (Å²) in [6.07, 6.45) is 2.32. The molecule has 2 N–H and O–H groups in total. The normalized spacial score (nSPS) is 15.9. The van der Waals surface area contributed by atoms with Crippen LogP contribution in [0.5, 0.6) is 0 Å². The van der Waals surface area contributed by atoms with E-state index in [0.717, 1.165) is 29.4 Å². The van der Waals surface area contributed by atoms with Crippen molar-refractivity contribution in [2.45, 2.75) is 25.7 Å². The van der Waals surface area contributed by atoms with Crippen molar-refractivity contribution in [2.24, 2.45) is 5.92 Å². The third-order valence-electron chi connectivity index (χ3n) is 3.90. The van der Waals surface area contributed by atoms with Crippen molar-refractivity contribution >= 4 is 16.8 Å². The van der Waals surface area contributed by atoms with Crippen LogP contribution in [0.15, 0.2) is 30.3 Å². The van der Waals surface area contributed by atoms with Gasteiger partial charge in [-0.3, -0.25) is 9.78 Å². The quantitative estimate of drug-likeness (QED) is 0.886. The van der Waals surface area contributed by atoms with Crippen molar-refractivity contribution in [3.8, 4) is 0 Å². The number of carbonyl (C=O) groups excluding carboxylic acids is 1. The number of pyridine rings is 1. The highest BCUT2D eigenvalue weighted by Crippen LogP contribution is 2.40. The molecule has 1 atom stereocenters. The lowest BCUT2D eigenvalue weighted by Gasteiger charge is -2.12. The van der Waals surface area contributed by atoms with Crippen LogP contribution in [0.25, 0.3) is 10.9 Å². The van der Waals surface area contributed by atoms with Crippen molar-refractivity contribution in [3.63, 3.8) is 0 Å². The Morgan fingerprint density at radius 2 is 2.19 bits per heavy atom. The summed E-state index contributed by atoms with van der Waals surface area (Å²) in [7, 11) is 0. The number of benzene rings is 1. The summed E-state index contributed by atoms with van der Waals surface area (Å²) in [6.45, 7) is 2.45. The van der Waals surface area contributed by atoms with Crippen LogP contribution in [-0.2, 0) is 0 Å². The van der Waals surface area contributed by atoms with Gasteiger partial charge in [-0.15, -0.1) is 0 Å². The second-order valence-electron chi connectivity index (χ2n) is 5.88. The molecule has 0 saturated heterocycles. The molecule has 1 unspecified atom stereocenters. The highest BCUT2D eigenvalue weighted by molar-refractivity contribution is 6.06. The second kappa shape index (κ2) is 5.82. The van der Waals surface area contributed by atoms with Gasteiger partial charge in [0.05, 0.1) is 11.1 Å². The minimum absolute atomic E-state index is 0.0601. The van der Waals surface area contributed by atoms with Crippen molar-refractivity contribution in [1.29, 1.82) is 0 Å². The molecule has 1 saturated carbocycles. The number of rotatable bonds is 5. The van der Waals surface area contributed by atoms with Gasteiger partial charge in [0, 0.05) is 30.1 Å². The monoisotopic (exact) mass is 284 g/mol. The summed E-state index contributed by atoms with van der Waals surface area (Å²) in [6, 6.07) is 9.69. The first-order valence-corrected chi connectivity index (χ1v) is 7.47. The number of fused-ring (bicyclic) bond motifs is 1. The zero-order valence-corrected chi connectivity index (χ0v) is 12.2. The Balaban J connectivity index is 1.93. The van der Waals surface area contributed by atoms with E-state index in [4.69, 9.17) is 5.11 Å².